The minimum absolute atomic E-state index is 0.00745. The first kappa shape index (κ1) is 19.8. The van der Waals surface area contributed by atoms with Crippen molar-refractivity contribution < 1.29 is 18.0 Å². The van der Waals surface area contributed by atoms with Crippen LogP contribution in [0.2, 0.25) is 0 Å². The Kier molecular flexibility index (Phi) is 6.16. The molecule has 2 amide bonds. The molecular weight excluding hydrogens is 366 g/mol. The molecule has 0 aliphatic carbocycles. The number of amides is 2. The molecule has 0 aromatic heterocycles. The zero-order valence-electron chi connectivity index (χ0n) is 15.6. The largest absolute Gasteiger partial charge is 0.359 e. The lowest BCUT2D eigenvalue weighted by atomic mass is 9.94. The molecular formula is C19H27N3O4S. The molecule has 1 aromatic carbocycles. The van der Waals surface area contributed by atoms with E-state index in [0.717, 1.165) is 12.8 Å². The van der Waals surface area contributed by atoms with Gasteiger partial charge in [0.05, 0.1) is 4.90 Å². The maximum atomic E-state index is 13.1. The van der Waals surface area contributed by atoms with Crippen molar-refractivity contribution in [3.8, 4) is 0 Å². The van der Waals surface area contributed by atoms with E-state index in [9.17, 15) is 18.0 Å². The number of carbonyl (C=O) groups is 2. The van der Waals surface area contributed by atoms with Gasteiger partial charge < -0.3 is 10.2 Å². The van der Waals surface area contributed by atoms with Crippen LogP contribution in [0.3, 0.4) is 0 Å². The van der Waals surface area contributed by atoms with Crippen LogP contribution in [0.1, 0.15) is 32.1 Å². The summed E-state index contributed by atoms with van der Waals surface area (Å²) in [5, 5.41) is 2.66. The summed E-state index contributed by atoms with van der Waals surface area (Å²) in [4.78, 5) is 26.8. The predicted molar refractivity (Wildman–Crippen MR) is 101 cm³/mol. The van der Waals surface area contributed by atoms with Gasteiger partial charge in [0.1, 0.15) is 6.04 Å². The Balaban J connectivity index is 1.74. The Hall–Kier alpha value is -1.93. The molecule has 1 atom stereocenters. The number of nitrogens with one attached hydrogen (secondary N) is 1. The Bertz CT molecular complexity index is 773. The van der Waals surface area contributed by atoms with Crippen LogP contribution in [0.25, 0.3) is 0 Å². The minimum atomic E-state index is -3.70. The molecule has 2 aliphatic rings. The maximum absolute atomic E-state index is 13.1. The summed E-state index contributed by atoms with van der Waals surface area (Å²) in [5.41, 5.74) is 0. The van der Waals surface area contributed by atoms with Crippen LogP contribution in [0.4, 0.5) is 0 Å². The normalized spacial score (nSPS) is 22.4. The number of piperidine rings is 2. The zero-order valence-corrected chi connectivity index (χ0v) is 16.5. The second kappa shape index (κ2) is 8.39. The van der Waals surface area contributed by atoms with E-state index in [1.54, 1.807) is 42.3 Å². The average molecular weight is 394 g/mol. The number of nitrogens with zero attached hydrogens (tertiary/aromatic N) is 2. The standard InChI is InChI=1S/C19H27N3O4S/c1-20-18(23)15-10-13-21(14-11-15)19(24)17-9-5-6-12-22(17)27(25,26)16-7-3-2-4-8-16/h2-4,7-8,15,17H,5-6,9-14H2,1H3,(H,20,23). The van der Waals surface area contributed by atoms with Crippen LogP contribution in [0.5, 0.6) is 0 Å². The lowest BCUT2D eigenvalue weighted by molar-refractivity contribution is -0.139. The van der Waals surface area contributed by atoms with Gasteiger partial charge in [0, 0.05) is 32.6 Å². The topological polar surface area (TPSA) is 86.8 Å². The van der Waals surface area contributed by atoms with Crippen LogP contribution in [-0.4, -0.2) is 62.2 Å². The molecule has 0 bridgehead atoms. The van der Waals surface area contributed by atoms with Gasteiger partial charge in [-0.15, -0.1) is 0 Å². The van der Waals surface area contributed by atoms with E-state index in [2.05, 4.69) is 5.32 Å². The molecule has 1 N–H and O–H groups in total. The second-order valence-corrected chi connectivity index (χ2v) is 9.04. The van der Waals surface area contributed by atoms with Gasteiger partial charge in [0.2, 0.25) is 21.8 Å². The quantitative estimate of drug-likeness (QED) is 0.833. The lowest BCUT2D eigenvalue weighted by Crippen LogP contribution is -2.54. The number of benzene rings is 1. The molecule has 0 spiro atoms. The third kappa shape index (κ3) is 4.16. The average Bonchev–Trinajstić information content (AvgIpc) is 2.73. The SMILES string of the molecule is CNC(=O)C1CCN(C(=O)C2CCCCN2S(=O)(=O)c2ccccc2)CC1. The van der Waals surface area contributed by atoms with Crippen molar-refractivity contribution in [2.24, 2.45) is 5.92 Å². The molecule has 1 unspecified atom stereocenters. The monoisotopic (exact) mass is 393 g/mol. The Morgan fingerprint density at radius 3 is 2.30 bits per heavy atom. The van der Waals surface area contributed by atoms with E-state index >= 15 is 0 Å². The summed E-state index contributed by atoms with van der Waals surface area (Å²) < 4.78 is 27.5. The first-order valence-electron chi connectivity index (χ1n) is 9.52. The number of carbonyl (C=O) groups excluding carboxylic acids is 2. The summed E-state index contributed by atoms with van der Waals surface area (Å²) in [6.45, 7) is 1.35. The molecule has 3 rings (SSSR count). The molecule has 2 fully saturated rings. The van der Waals surface area contributed by atoms with Gasteiger partial charge in [-0.2, -0.15) is 4.31 Å². The molecule has 2 aliphatic heterocycles. The van der Waals surface area contributed by atoms with Crippen LogP contribution in [0, 0.1) is 5.92 Å². The smallest absolute Gasteiger partial charge is 0.243 e. The number of hydrogen-bond donors (Lipinski definition) is 1. The molecule has 8 heteroatoms. The summed E-state index contributed by atoms with van der Waals surface area (Å²) in [6.07, 6.45) is 3.37. The van der Waals surface area contributed by atoms with Crippen molar-refractivity contribution in [3.05, 3.63) is 30.3 Å². The van der Waals surface area contributed by atoms with Crippen molar-refractivity contribution in [1.29, 1.82) is 0 Å². The highest BCUT2D eigenvalue weighted by atomic mass is 32.2. The molecule has 0 radical (unpaired) electrons. The van der Waals surface area contributed by atoms with E-state index in [0.29, 0.717) is 38.9 Å². The predicted octanol–water partition coefficient (Wildman–Crippen LogP) is 1.21. The highest BCUT2D eigenvalue weighted by molar-refractivity contribution is 7.89. The minimum Gasteiger partial charge on any atom is -0.359 e. The van der Waals surface area contributed by atoms with E-state index in [1.165, 1.54) is 4.31 Å². The number of likely N-dealkylation sites (tertiary alicyclic amines) is 1. The maximum Gasteiger partial charge on any atom is 0.243 e. The fourth-order valence-electron chi connectivity index (χ4n) is 3.94. The van der Waals surface area contributed by atoms with Crippen LogP contribution in [-0.2, 0) is 19.6 Å². The van der Waals surface area contributed by atoms with Crippen molar-refractivity contribution in [1.82, 2.24) is 14.5 Å². The lowest BCUT2D eigenvalue weighted by Gasteiger charge is -2.39. The molecule has 2 saturated heterocycles. The fourth-order valence-corrected chi connectivity index (χ4v) is 5.62. The first-order valence-corrected chi connectivity index (χ1v) is 11.0. The van der Waals surface area contributed by atoms with Gasteiger partial charge >= 0.3 is 0 Å². The van der Waals surface area contributed by atoms with Crippen molar-refractivity contribution in [2.75, 3.05) is 26.7 Å². The fraction of sp³-hybridized carbons (Fsp3) is 0.579. The number of rotatable bonds is 4. The van der Waals surface area contributed by atoms with Gasteiger partial charge in [-0.05, 0) is 37.8 Å². The summed E-state index contributed by atoms with van der Waals surface area (Å²) >= 11 is 0. The van der Waals surface area contributed by atoms with Crippen molar-refractivity contribution >= 4 is 21.8 Å². The molecule has 148 valence electrons. The van der Waals surface area contributed by atoms with E-state index in [1.807, 2.05) is 0 Å². The number of hydrogen-bond acceptors (Lipinski definition) is 4. The summed E-state index contributed by atoms with van der Waals surface area (Å²) in [5.74, 6) is -0.202. The summed E-state index contributed by atoms with van der Waals surface area (Å²) in [7, 11) is -2.08. The number of sulfonamides is 1. The molecule has 7 nitrogen and oxygen atoms in total. The second-order valence-electron chi connectivity index (χ2n) is 7.15. The highest BCUT2D eigenvalue weighted by Gasteiger charge is 2.40. The van der Waals surface area contributed by atoms with Crippen LogP contribution < -0.4 is 5.32 Å². The molecule has 27 heavy (non-hydrogen) atoms. The van der Waals surface area contributed by atoms with Gasteiger partial charge in [0.15, 0.2) is 0 Å². The van der Waals surface area contributed by atoms with Gasteiger partial charge in [-0.25, -0.2) is 8.42 Å². The Morgan fingerprint density at radius 1 is 1.00 bits per heavy atom. The molecule has 2 heterocycles. The summed E-state index contributed by atoms with van der Waals surface area (Å²) in [6, 6.07) is 7.64. The first-order chi connectivity index (χ1) is 12.9. The van der Waals surface area contributed by atoms with E-state index in [4.69, 9.17) is 0 Å². The van der Waals surface area contributed by atoms with E-state index in [-0.39, 0.29) is 22.6 Å². The third-order valence-electron chi connectivity index (χ3n) is 5.51. The molecule has 1 aromatic rings. The van der Waals surface area contributed by atoms with Gasteiger partial charge in [-0.1, -0.05) is 24.6 Å². The van der Waals surface area contributed by atoms with E-state index < -0.39 is 16.1 Å². The van der Waals surface area contributed by atoms with Crippen LogP contribution in [0.15, 0.2) is 35.2 Å². The zero-order chi connectivity index (χ0) is 19.4. The Labute approximate surface area is 160 Å². The van der Waals surface area contributed by atoms with Crippen LogP contribution >= 0.6 is 0 Å². The van der Waals surface area contributed by atoms with Crippen molar-refractivity contribution in [3.63, 3.8) is 0 Å². The van der Waals surface area contributed by atoms with Crippen molar-refractivity contribution in [2.45, 2.75) is 43.0 Å². The van der Waals surface area contributed by atoms with Gasteiger partial charge in [0.25, 0.3) is 0 Å². The van der Waals surface area contributed by atoms with Gasteiger partial charge in [-0.3, -0.25) is 9.59 Å². The molecule has 0 saturated carbocycles. The third-order valence-corrected chi connectivity index (χ3v) is 7.43. The highest BCUT2D eigenvalue weighted by Crippen LogP contribution is 2.28. The Morgan fingerprint density at radius 2 is 1.67 bits per heavy atom.